The van der Waals surface area contributed by atoms with E-state index in [1.165, 1.54) is 18.5 Å². The molecule has 3 N–H and O–H groups in total. The summed E-state index contributed by atoms with van der Waals surface area (Å²) in [5.74, 6) is 0.761. The highest BCUT2D eigenvalue weighted by atomic mass is 15.1. The second kappa shape index (κ2) is 6.57. The Labute approximate surface area is 141 Å². The standard InChI is InChI=1S/C18H22N6/c19-5-1-13-3-7-24(8-4-13)16-2-6-22-18-17(16)15(11-23-18)14-9-20-12-21-10-14/h2,6,9-13H,1,3-5,7-8,19H2,(H,22,23). The van der Waals surface area contributed by atoms with E-state index in [4.69, 9.17) is 5.73 Å². The lowest BCUT2D eigenvalue weighted by Gasteiger charge is -2.34. The van der Waals surface area contributed by atoms with E-state index in [2.05, 4.69) is 30.9 Å². The largest absolute Gasteiger partial charge is 0.371 e. The zero-order chi connectivity index (χ0) is 16.4. The first-order chi connectivity index (χ1) is 11.9. The number of nitrogens with zero attached hydrogens (tertiary/aromatic N) is 4. The molecule has 4 heterocycles. The van der Waals surface area contributed by atoms with Crippen molar-refractivity contribution in [2.75, 3.05) is 24.5 Å². The highest BCUT2D eigenvalue weighted by molar-refractivity contribution is 6.02. The van der Waals surface area contributed by atoms with Gasteiger partial charge in [0.05, 0.1) is 0 Å². The highest BCUT2D eigenvalue weighted by Crippen LogP contribution is 2.36. The molecule has 0 unspecified atom stereocenters. The minimum Gasteiger partial charge on any atom is -0.371 e. The minimum atomic E-state index is 0.761. The maximum Gasteiger partial charge on any atom is 0.139 e. The van der Waals surface area contributed by atoms with Crippen LogP contribution in [-0.4, -0.2) is 39.6 Å². The van der Waals surface area contributed by atoms with E-state index in [1.54, 1.807) is 6.33 Å². The number of rotatable bonds is 4. The first-order valence-corrected chi connectivity index (χ1v) is 8.53. The van der Waals surface area contributed by atoms with Crippen molar-refractivity contribution in [2.45, 2.75) is 19.3 Å². The number of aromatic nitrogens is 4. The highest BCUT2D eigenvalue weighted by Gasteiger charge is 2.22. The van der Waals surface area contributed by atoms with Crippen molar-refractivity contribution in [2.24, 2.45) is 11.7 Å². The molecule has 0 bridgehead atoms. The summed E-state index contributed by atoms with van der Waals surface area (Å²) in [6, 6.07) is 2.12. The fourth-order valence-electron chi connectivity index (χ4n) is 3.67. The average molecular weight is 322 g/mol. The first kappa shape index (κ1) is 15.1. The van der Waals surface area contributed by atoms with Crippen molar-refractivity contribution < 1.29 is 0 Å². The Bertz CT molecular complexity index is 805. The molecule has 24 heavy (non-hydrogen) atoms. The molecule has 0 atom stereocenters. The van der Waals surface area contributed by atoms with Gasteiger partial charge in [-0.1, -0.05) is 0 Å². The predicted molar refractivity (Wildman–Crippen MR) is 95.7 cm³/mol. The number of H-pyrrole nitrogens is 1. The molecule has 1 saturated heterocycles. The normalized spacial score (nSPS) is 16.0. The Morgan fingerprint density at radius 2 is 2.00 bits per heavy atom. The monoisotopic (exact) mass is 322 g/mol. The molecule has 1 aliphatic heterocycles. The van der Waals surface area contributed by atoms with Gasteiger partial charge in [-0.15, -0.1) is 0 Å². The lowest BCUT2D eigenvalue weighted by atomic mass is 9.93. The molecule has 1 aliphatic rings. The predicted octanol–water partition coefficient (Wildman–Crippen LogP) is 2.59. The van der Waals surface area contributed by atoms with Crippen molar-refractivity contribution in [3.63, 3.8) is 0 Å². The number of nitrogens with one attached hydrogen (secondary N) is 1. The number of aromatic amines is 1. The van der Waals surface area contributed by atoms with E-state index in [-0.39, 0.29) is 0 Å². The van der Waals surface area contributed by atoms with Gasteiger partial charge >= 0.3 is 0 Å². The molecular formula is C18H22N6. The quantitative estimate of drug-likeness (QED) is 0.771. The summed E-state index contributed by atoms with van der Waals surface area (Å²) in [4.78, 5) is 18.5. The Hall–Kier alpha value is -2.47. The minimum absolute atomic E-state index is 0.761. The summed E-state index contributed by atoms with van der Waals surface area (Å²) in [7, 11) is 0. The van der Waals surface area contributed by atoms with Gasteiger partial charge in [0.15, 0.2) is 0 Å². The Morgan fingerprint density at radius 1 is 1.21 bits per heavy atom. The van der Waals surface area contributed by atoms with E-state index < -0.39 is 0 Å². The third kappa shape index (κ3) is 2.73. The van der Waals surface area contributed by atoms with Crippen molar-refractivity contribution >= 4 is 16.7 Å². The SMILES string of the molecule is NCCC1CCN(c2ccnc3[nH]cc(-c4cncnc4)c23)CC1. The summed E-state index contributed by atoms with van der Waals surface area (Å²) >= 11 is 0. The van der Waals surface area contributed by atoms with Gasteiger partial charge in [-0.05, 0) is 37.8 Å². The van der Waals surface area contributed by atoms with E-state index in [9.17, 15) is 0 Å². The van der Waals surface area contributed by atoms with E-state index in [0.29, 0.717) is 0 Å². The summed E-state index contributed by atoms with van der Waals surface area (Å²) in [5.41, 5.74) is 9.99. The maximum absolute atomic E-state index is 5.71. The van der Waals surface area contributed by atoms with Crippen LogP contribution >= 0.6 is 0 Å². The van der Waals surface area contributed by atoms with Gasteiger partial charge in [-0.25, -0.2) is 15.0 Å². The molecular weight excluding hydrogens is 300 g/mol. The van der Waals surface area contributed by atoms with Crippen LogP contribution in [0.5, 0.6) is 0 Å². The smallest absolute Gasteiger partial charge is 0.139 e. The van der Waals surface area contributed by atoms with E-state index >= 15 is 0 Å². The van der Waals surface area contributed by atoms with Gasteiger partial charge in [0.25, 0.3) is 0 Å². The molecule has 3 aromatic rings. The molecule has 124 valence electrons. The van der Waals surface area contributed by atoms with Gasteiger partial charge in [0.1, 0.15) is 12.0 Å². The summed E-state index contributed by atoms with van der Waals surface area (Å²) in [6.07, 6.45) is 12.7. The van der Waals surface area contributed by atoms with Crippen LogP contribution in [0.4, 0.5) is 5.69 Å². The number of hydrogen-bond donors (Lipinski definition) is 2. The molecule has 3 aromatic heterocycles. The van der Waals surface area contributed by atoms with Crippen molar-refractivity contribution in [1.82, 2.24) is 19.9 Å². The van der Waals surface area contributed by atoms with Crippen LogP contribution in [0.15, 0.2) is 37.2 Å². The Balaban J connectivity index is 1.70. The van der Waals surface area contributed by atoms with Gasteiger partial charge in [0.2, 0.25) is 0 Å². The Kier molecular flexibility index (Phi) is 4.13. The molecule has 1 fully saturated rings. The number of fused-ring (bicyclic) bond motifs is 1. The van der Waals surface area contributed by atoms with Gasteiger partial charge in [-0.2, -0.15) is 0 Å². The second-order valence-corrected chi connectivity index (χ2v) is 6.39. The fourth-order valence-corrected chi connectivity index (χ4v) is 3.67. The second-order valence-electron chi connectivity index (χ2n) is 6.39. The maximum atomic E-state index is 5.71. The third-order valence-corrected chi connectivity index (χ3v) is 4.95. The number of anilines is 1. The summed E-state index contributed by atoms with van der Waals surface area (Å²) < 4.78 is 0. The number of hydrogen-bond acceptors (Lipinski definition) is 5. The van der Waals surface area contributed by atoms with Crippen LogP contribution in [0.2, 0.25) is 0 Å². The molecule has 0 radical (unpaired) electrons. The van der Waals surface area contributed by atoms with Gasteiger partial charge in [-0.3, -0.25) is 0 Å². The van der Waals surface area contributed by atoms with Crippen LogP contribution < -0.4 is 10.6 Å². The fraction of sp³-hybridized carbons (Fsp3) is 0.389. The number of piperidine rings is 1. The lowest BCUT2D eigenvalue weighted by Crippen LogP contribution is -2.34. The van der Waals surface area contributed by atoms with Crippen molar-refractivity contribution in [1.29, 1.82) is 0 Å². The topological polar surface area (TPSA) is 83.7 Å². The molecule has 0 aromatic carbocycles. The molecule has 0 amide bonds. The summed E-state index contributed by atoms with van der Waals surface area (Å²) in [6.45, 7) is 2.93. The molecule has 6 nitrogen and oxygen atoms in total. The molecule has 0 spiro atoms. The van der Waals surface area contributed by atoms with Crippen LogP contribution in [-0.2, 0) is 0 Å². The number of pyridine rings is 1. The molecule has 6 heteroatoms. The average Bonchev–Trinajstić information content (AvgIpc) is 3.08. The molecule has 0 saturated carbocycles. The van der Waals surface area contributed by atoms with Crippen LogP contribution in [0, 0.1) is 5.92 Å². The van der Waals surface area contributed by atoms with Crippen LogP contribution in [0.3, 0.4) is 0 Å². The molecule has 0 aliphatic carbocycles. The lowest BCUT2D eigenvalue weighted by molar-refractivity contribution is 0.387. The van der Waals surface area contributed by atoms with Crippen LogP contribution in [0.1, 0.15) is 19.3 Å². The van der Waals surface area contributed by atoms with Gasteiger partial charge in [0, 0.05) is 60.1 Å². The van der Waals surface area contributed by atoms with E-state index in [1.807, 2.05) is 24.8 Å². The molecule has 4 rings (SSSR count). The van der Waals surface area contributed by atoms with Crippen molar-refractivity contribution in [3.05, 3.63) is 37.2 Å². The van der Waals surface area contributed by atoms with Gasteiger partial charge < -0.3 is 15.6 Å². The zero-order valence-corrected chi connectivity index (χ0v) is 13.7. The van der Waals surface area contributed by atoms with Crippen molar-refractivity contribution in [3.8, 4) is 11.1 Å². The zero-order valence-electron chi connectivity index (χ0n) is 13.7. The first-order valence-electron chi connectivity index (χ1n) is 8.53. The number of nitrogens with two attached hydrogens (primary N) is 1. The van der Waals surface area contributed by atoms with E-state index in [0.717, 1.165) is 54.1 Å². The van der Waals surface area contributed by atoms with Crippen LogP contribution in [0.25, 0.3) is 22.2 Å². The summed E-state index contributed by atoms with van der Waals surface area (Å²) in [5, 5.41) is 1.16. The Morgan fingerprint density at radius 3 is 2.75 bits per heavy atom. The third-order valence-electron chi connectivity index (χ3n) is 4.95.